The number of benzene rings is 2. The second-order valence-electron chi connectivity index (χ2n) is 8.97. The lowest BCUT2D eigenvalue weighted by atomic mass is 9.97. The van der Waals surface area contributed by atoms with Crippen molar-refractivity contribution in [1.82, 2.24) is 15.3 Å². The highest BCUT2D eigenvalue weighted by molar-refractivity contribution is 5.79. The fourth-order valence-electron chi connectivity index (χ4n) is 4.41. The number of carbonyl (C=O) groups excluding carboxylic acids is 1. The number of piperidine rings is 1. The molecule has 1 atom stereocenters. The zero-order chi connectivity index (χ0) is 28.7. The smallest absolute Gasteiger partial charge is 0.493 e. The van der Waals surface area contributed by atoms with Gasteiger partial charge in [0.2, 0.25) is 17.6 Å². The van der Waals surface area contributed by atoms with Crippen LogP contribution in [0.3, 0.4) is 0 Å². The zero-order valence-corrected chi connectivity index (χ0v) is 22.2. The number of hydrogen-bond acceptors (Lipinski definition) is 9. The van der Waals surface area contributed by atoms with E-state index in [-0.39, 0.29) is 24.1 Å². The largest absolute Gasteiger partial charge is 0.573 e. The number of rotatable bonds is 10. The molecule has 4 rings (SSSR count). The van der Waals surface area contributed by atoms with Crippen LogP contribution in [-0.2, 0) is 11.3 Å². The first kappa shape index (κ1) is 28.6. The molecule has 10 nitrogen and oxygen atoms in total. The van der Waals surface area contributed by atoms with Crippen LogP contribution in [0.4, 0.5) is 30.6 Å². The van der Waals surface area contributed by atoms with E-state index >= 15 is 0 Å². The van der Waals surface area contributed by atoms with Crippen molar-refractivity contribution in [2.45, 2.75) is 25.7 Å². The van der Waals surface area contributed by atoms with Gasteiger partial charge in [0, 0.05) is 43.7 Å². The monoisotopic (exact) mass is 561 g/mol. The summed E-state index contributed by atoms with van der Waals surface area (Å²) in [6.45, 7) is 1.38. The molecule has 40 heavy (non-hydrogen) atoms. The van der Waals surface area contributed by atoms with Crippen molar-refractivity contribution in [2.75, 3.05) is 44.6 Å². The molecule has 13 heteroatoms. The number of carbonyl (C=O) groups is 1. The Kier molecular flexibility index (Phi) is 9.02. The van der Waals surface area contributed by atoms with Gasteiger partial charge in [0.25, 0.3) is 0 Å². The fraction of sp³-hybridized carbons (Fsp3) is 0.370. The predicted octanol–water partition coefficient (Wildman–Crippen LogP) is 4.68. The maximum atomic E-state index is 12.9. The highest BCUT2D eigenvalue weighted by Crippen LogP contribution is 2.40. The Bertz CT molecular complexity index is 1280. The molecule has 1 amide bonds. The van der Waals surface area contributed by atoms with E-state index in [0.717, 1.165) is 13.0 Å². The maximum absolute atomic E-state index is 12.9. The first-order chi connectivity index (χ1) is 19.2. The number of methoxy groups -OCH3 is 3. The third-order valence-corrected chi connectivity index (χ3v) is 6.30. The molecule has 1 fully saturated rings. The summed E-state index contributed by atoms with van der Waals surface area (Å²) in [6.07, 6.45) is -1.61. The first-order valence-electron chi connectivity index (χ1n) is 12.5. The van der Waals surface area contributed by atoms with Crippen LogP contribution in [0.15, 0.2) is 48.7 Å². The van der Waals surface area contributed by atoms with Gasteiger partial charge in [-0.3, -0.25) is 4.79 Å². The van der Waals surface area contributed by atoms with Crippen molar-refractivity contribution in [1.29, 1.82) is 0 Å². The number of halogens is 3. The van der Waals surface area contributed by atoms with E-state index in [1.807, 2.05) is 4.90 Å². The summed E-state index contributed by atoms with van der Waals surface area (Å²) < 4.78 is 57.1. The standard InChI is InChI=1S/C27H30F3N5O5/c1-37-21-13-19(14-22(38-2)24(21)39-3)33-26-31-11-10-23(34-26)35-12-4-5-18(16-35)25(36)32-15-17-6-8-20(9-7-17)40-27(28,29)30/h6-11,13-14,18H,4-5,12,15-16H2,1-3H3,(H,32,36)(H,31,33,34)/t18-/m0/s1. The molecule has 0 unspecified atom stereocenters. The Morgan fingerprint density at radius 3 is 2.38 bits per heavy atom. The van der Waals surface area contributed by atoms with Gasteiger partial charge < -0.3 is 34.5 Å². The van der Waals surface area contributed by atoms with Gasteiger partial charge in [-0.05, 0) is 36.6 Å². The van der Waals surface area contributed by atoms with Gasteiger partial charge in [-0.15, -0.1) is 13.2 Å². The summed E-state index contributed by atoms with van der Waals surface area (Å²) >= 11 is 0. The molecule has 1 aromatic heterocycles. The number of nitrogens with zero attached hydrogens (tertiary/aromatic N) is 3. The van der Waals surface area contributed by atoms with E-state index in [1.54, 1.807) is 24.4 Å². The molecule has 0 radical (unpaired) electrons. The minimum absolute atomic E-state index is 0.134. The van der Waals surface area contributed by atoms with Gasteiger partial charge >= 0.3 is 6.36 Å². The van der Waals surface area contributed by atoms with Gasteiger partial charge in [-0.1, -0.05) is 12.1 Å². The summed E-state index contributed by atoms with van der Waals surface area (Å²) in [4.78, 5) is 23.9. The Morgan fingerprint density at radius 2 is 1.75 bits per heavy atom. The fourth-order valence-corrected chi connectivity index (χ4v) is 4.41. The second-order valence-corrected chi connectivity index (χ2v) is 8.97. The van der Waals surface area contributed by atoms with Crippen molar-refractivity contribution in [3.8, 4) is 23.0 Å². The SMILES string of the molecule is COc1cc(Nc2nccc(N3CCC[C@H](C(=O)NCc4ccc(OC(F)(F)F)cc4)C3)n2)cc(OC)c1OC. The van der Waals surface area contributed by atoms with Gasteiger partial charge in [0.05, 0.1) is 27.2 Å². The van der Waals surface area contributed by atoms with Gasteiger partial charge in [-0.2, -0.15) is 4.98 Å². The number of anilines is 3. The molecule has 0 saturated carbocycles. The lowest BCUT2D eigenvalue weighted by molar-refractivity contribution is -0.274. The Hall–Kier alpha value is -4.42. The molecule has 3 aromatic rings. The second kappa shape index (κ2) is 12.6. The van der Waals surface area contributed by atoms with Gasteiger partial charge in [0.15, 0.2) is 11.5 Å². The Labute approximate surface area is 229 Å². The lowest BCUT2D eigenvalue weighted by Crippen LogP contribution is -2.43. The minimum atomic E-state index is -4.75. The molecule has 214 valence electrons. The van der Waals surface area contributed by atoms with E-state index in [1.165, 1.54) is 45.6 Å². The molecular weight excluding hydrogens is 531 g/mol. The number of amides is 1. The molecule has 1 saturated heterocycles. The number of hydrogen-bond donors (Lipinski definition) is 2. The van der Waals surface area contributed by atoms with Crippen molar-refractivity contribution in [3.63, 3.8) is 0 Å². The molecule has 0 spiro atoms. The number of nitrogens with one attached hydrogen (secondary N) is 2. The molecule has 0 aliphatic carbocycles. The van der Waals surface area contributed by atoms with Crippen LogP contribution < -0.4 is 34.5 Å². The van der Waals surface area contributed by atoms with E-state index in [4.69, 9.17) is 14.2 Å². The highest BCUT2D eigenvalue weighted by Gasteiger charge is 2.31. The quantitative estimate of drug-likeness (QED) is 0.365. The maximum Gasteiger partial charge on any atom is 0.573 e. The minimum Gasteiger partial charge on any atom is -0.493 e. The van der Waals surface area contributed by atoms with Gasteiger partial charge in [0.1, 0.15) is 11.6 Å². The third kappa shape index (κ3) is 7.36. The first-order valence-corrected chi connectivity index (χ1v) is 12.5. The Morgan fingerprint density at radius 1 is 1.05 bits per heavy atom. The Balaban J connectivity index is 1.37. The summed E-state index contributed by atoms with van der Waals surface area (Å²) in [5.41, 5.74) is 1.30. The van der Waals surface area contributed by atoms with E-state index in [2.05, 4.69) is 25.3 Å². The van der Waals surface area contributed by atoms with E-state index < -0.39 is 6.36 Å². The van der Waals surface area contributed by atoms with Crippen molar-refractivity contribution < 1.29 is 36.9 Å². The molecule has 0 bridgehead atoms. The molecule has 2 heterocycles. The average molecular weight is 562 g/mol. The zero-order valence-electron chi connectivity index (χ0n) is 22.2. The van der Waals surface area contributed by atoms with Crippen LogP contribution in [0.2, 0.25) is 0 Å². The summed E-state index contributed by atoms with van der Waals surface area (Å²) in [5, 5.41) is 6.03. The van der Waals surface area contributed by atoms with Crippen LogP contribution >= 0.6 is 0 Å². The van der Waals surface area contributed by atoms with E-state index in [0.29, 0.717) is 53.2 Å². The average Bonchev–Trinajstić information content (AvgIpc) is 2.95. The normalized spacial score (nSPS) is 15.2. The summed E-state index contributed by atoms with van der Waals surface area (Å²) in [7, 11) is 4.59. The number of aromatic nitrogens is 2. The van der Waals surface area contributed by atoms with E-state index in [9.17, 15) is 18.0 Å². The number of ether oxygens (including phenoxy) is 4. The van der Waals surface area contributed by atoms with Crippen LogP contribution in [0.1, 0.15) is 18.4 Å². The molecule has 2 aromatic carbocycles. The highest BCUT2D eigenvalue weighted by atomic mass is 19.4. The van der Waals surface area contributed by atoms with Crippen molar-refractivity contribution in [2.24, 2.45) is 5.92 Å². The summed E-state index contributed by atoms with van der Waals surface area (Å²) in [6, 6.07) is 10.7. The number of alkyl halides is 3. The molecule has 2 N–H and O–H groups in total. The van der Waals surface area contributed by atoms with Crippen LogP contribution in [-0.4, -0.2) is 56.7 Å². The topological polar surface area (TPSA) is 107 Å². The van der Waals surface area contributed by atoms with Crippen molar-refractivity contribution in [3.05, 3.63) is 54.2 Å². The molecular formula is C27H30F3N5O5. The predicted molar refractivity (Wildman–Crippen MR) is 141 cm³/mol. The van der Waals surface area contributed by atoms with Crippen LogP contribution in [0.25, 0.3) is 0 Å². The third-order valence-electron chi connectivity index (χ3n) is 6.30. The molecule has 1 aliphatic heterocycles. The molecule has 1 aliphatic rings. The van der Waals surface area contributed by atoms with Crippen LogP contribution in [0.5, 0.6) is 23.0 Å². The van der Waals surface area contributed by atoms with Crippen molar-refractivity contribution >= 4 is 23.4 Å². The lowest BCUT2D eigenvalue weighted by Gasteiger charge is -2.33. The van der Waals surface area contributed by atoms with Gasteiger partial charge in [-0.25, -0.2) is 4.98 Å². The van der Waals surface area contributed by atoms with Crippen LogP contribution in [0, 0.1) is 5.92 Å². The summed E-state index contributed by atoms with van der Waals surface area (Å²) in [5.74, 6) is 1.74.